The van der Waals surface area contributed by atoms with Crippen molar-refractivity contribution in [2.75, 3.05) is 0 Å². The predicted octanol–water partition coefficient (Wildman–Crippen LogP) is -0.862. The minimum Gasteiger partial charge on any atom is -0.478 e. The molecule has 11 heavy (non-hydrogen) atoms. The third-order valence-electron chi connectivity index (χ3n) is 0.368. The Balaban J connectivity index is 0. The standard InChI is InChI=1S/C4H4O4.CH2N2/c5-3(6)1-2-4(7)8;2-1-3/h1-2H,(H,5,6)(H,7,8);2H2. The summed E-state index contributed by atoms with van der Waals surface area (Å²) in [5.41, 5.74) is 4.15. The first-order chi connectivity index (χ1) is 5.04. The molecule has 0 spiro atoms. The van der Waals surface area contributed by atoms with E-state index in [0.717, 1.165) is 0 Å². The van der Waals surface area contributed by atoms with Crippen LogP contribution >= 0.6 is 0 Å². The second-order valence-electron chi connectivity index (χ2n) is 1.14. The maximum Gasteiger partial charge on any atom is 0.328 e. The molecule has 0 atom stereocenters. The van der Waals surface area contributed by atoms with Crippen LogP contribution in [0, 0.1) is 11.5 Å². The molecule has 0 rings (SSSR count). The molecular weight excluding hydrogens is 152 g/mol. The lowest BCUT2D eigenvalue weighted by Crippen LogP contribution is -1.91. The number of carbonyl (C=O) groups is 2. The van der Waals surface area contributed by atoms with Gasteiger partial charge in [0.15, 0.2) is 6.19 Å². The van der Waals surface area contributed by atoms with E-state index in [1.807, 2.05) is 0 Å². The molecule has 6 heteroatoms. The molecule has 6 nitrogen and oxygen atoms in total. The van der Waals surface area contributed by atoms with E-state index < -0.39 is 11.9 Å². The van der Waals surface area contributed by atoms with Crippen LogP contribution in [0.15, 0.2) is 12.2 Å². The van der Waals surface area contributed by atoms with Crippen molar-refractivity contribution in [2.24, 2.45) is 5.73 Å². The maximum atomic E-state index is 9.55. The Hall–Kier alpha value is -2.03. The monoisotopic (exact) mass is 158 g/mol. The smallest absolute Gasteiger partial charge is 0.328 e. The van der Waals surface area contributed by atoms with Gasteiger partial charge in [0.1, 0.15) is 0 Å². The van der Waals surface area contributed by atoms with Gasteiger partial charge in [-0.25, -0.2) is 9.59 Å². The van der Waals surface area contributed by atoms with E-state index >= 15 is 0 Å². The molecule has 0 bridgehead atoms. The van der Waals surface area contributed by atoms with Gasteiger partial charge in [-0.2, -0.15) is 5.26 Å². The highest BCUT2D eigenvalue weighted by atomic mass is 16.4. The van der Waals surface area contributed by atoms with Crippen LogP contribution < -0.4 is 5.73 Å². The summed E-state index contributed by atoms with van der Waals surface area (Å²) in [7, 11) is 0. The van der Waals surface area contributed by atoms with Crippen molar-refractivity contribution in [3.8, 4) is 6.19 Å². The van der Waals surface area contributed by atoms with Crippen LogP contribution in [0.5, 0.6) is 0 Å². The normalized spacial score (nSPS) is 7.55. The second kappa shape index (κ2) is 7.97. The number of nitriles is 1. The third kappa shape index (κ3) is 32.2. The Morgan fingerprint density at radius 2 is 1.45 bits per heavy atom. The van der Waals surface area contributed by atoms with E-state index in [2.05, 4.69) is 5.73 Å². The Morgan fingerprint density at radius 1 is 1.27 bits per heavy atom. The van der Waals surface area contributed by atoms with E-state index in [1.54, 1.807) is 0 Å². The predicted molar refractivity (Wildman–Crippen MR) is 34.2 cm³/mol. The van der Waals surface area contributed by atoms with Crippen LogP contribution in [0.2, 0.25) is 0 Å². The average molecular weight is 158 g/mol. The minimum absolute atomic E-state index is 0.558. The zero-order valence-corrected chi connectivity index (χ0v) is 5.39. The molecular formula is C5H6N2O4. The number of hydrogen-bond acceptors (Lipinski definition) is 4. The van der Waals surface area contributed by atoms with Gasteiger partial charge in [-0.05, 0) is 0 Å². The zero-order chi connectivity index (χ0) is 9.28. The molecule has 60 valence electrons. The molecule has 0 aromatic heterocycles. The van der Waals surface area contributed by atoms with Crippen molar-refractivity contribution in [2.45, 2.75) is 0 Å². The highest BCUT2D eigenvalue weighted by molar-refractivity contribution is 5.89. The lowest BCUT2D eigenvalue weighted by molar-refractivity contribution is -0.134. The number of aliphatic carboxylic acids is 2. The lowest BCUT2D eigenvalue weighted by atomic mass is 10.5. The molecule has 0 aliphatic heterocycles. The fourth-order valence-electron chi connectivity index (χ4n) is 0.143. The Bertz CT molecular complexity index is 187. The second-order valence-corrected chi connectivity index (χ2v) is 1.14. The van der Waals surface area contributed by atoms with Gasteiger partial charge in [0.05, 0.1) is 0 Å². The maximum absolute atomic E-state index is 9.55. The molecule has 0 saturated carbocycles. The van der Waals surface area contributed by atoms with Crippen LogP contribution in [-0.2, 0) is 9.59 Å². The lowest BCUT2D eigenvalue weighted by Gasteiger charge is -1.74. The first-order valence-corrected chi connectivity index (χ1v) is 2.28. The minimum atomic E-state index is -1.26. The summed E-state index contributed by atoms with van der Waals surface area (Å²) in [6.45, 7) is 0. The van der Waals surface area contributed by atoms with Crippen LogP contribution in [0.4, 0.5) is 0 Å². The number of carboxylic acid groups (broad SMARTS) is 2. The number of nitrogens with two attached hydrogens (primary N) is 1. The largest absolute Gasteiger partial charge is 0.478 e. The summed E-state index contributed by atoms with van der Waals surface area (Å²) in [5.74, 6) is -2.51. The first kappa shape index (κ1) is 11.7. The van der Waals surface area contributed by atoms with Gasteiger partial charge in [-0.3, -0.25) is 0 Å². The van der Waals surface area contributed by atoms with Gasteiger partial charge >= 0.3 is 11.9 Å². The van der Waals surface area contributed by atoms with Gasteiger partial charge < -0.3 is 15.9 Å². The van der Waals surface area contributed by atoms with Crippen LogP contribution in [-0.4, -0.2) is 22.2 Å². The fraction of sp³-hybridized carbons (Fsp3) is 0. The van der Waals surface area contributed by atoms with E-state index in [1.165, 1.54) is 6.19 Å². The van der Waals surface area contributed by atoms with Crippen LogP contribution in [0.3, 0.4) is 0 Å². The summed E-state index contributed by atoms with van der Waals surface area (Å²) in [4.78, 5) is 19.1. The molecule has 0 aliphatic rings. The average Bonchev–Trinajstić information content (AvgIpc) is 1.85. The highest BCUT2D eigenvalue weighted by Gasteiger charge is 1.88. The van der Waals surface area contributed by atoms with E-state index in [-0.39, 0.29) is 0 Å². The van der Waals surface area contributed by atoms with Gasteiger partial charge in [0.25, 0.3) is 0 Å². The van der Waals surface area contributed by atoms with E-state index in [0.29, 0.717) is 12.2 Å². The number of carboxylic acids is 2. The quantitative estimate of drug-likeness (QED) is 0.273. The summed E-state index contributed by atoms with van der Waals surface area (Å²) in [5, 5.41) is 22.7. The van der Waals surface area contributed by atoms with E-state index in [9.17, 15) is 9.59 Å². The zero-order valence-electron chi connectivity index (χ0n) is 5.39. The Kier molecular flexibility index (Phi) is 8.50. The molecule has 0 fully saturated rings. The summed E-state index contributed by atoms with van der Waals surface area (Å²) in [6.07, 6.45) is 2.37. The number of nitrogens with zero attached hydrogens (tertiary/aromatic N) is 1. The van der Waals surface area contributed by atoms with Crippen molar-refractivity contribution < 1.29 is 19.8 Å². The van der Waals surface area contributed by atoms with Crippen molar-refractivity contribution in [1.29, 1.82) is 5.26 Å². The molecule has 0 unspecified atom stereocenters. The molecule has 0 aliphatic carbocycles. The number of rotatable bonds is 2. The first-order valence-electron chi connectivity index (χ1n) is 2.28. The summed E-state index contributed by atoms with van der Waals surface area (Å²) >= 11 is 0. The van der Waals surface area contributed by atoms with Crippen LogP contribution in [0.1, 0.15) is 0 Å². The molecule has 0 aromatic rings. The fourth-order valence-corrected chi connectivity index (χ4v) is 0.143. The van der Waals surface area contributed by atoms with Crippen LogP contribution in [0.25, 0.3) is 0 Å². The highest BCUT2D eigenvalue weighted by Crippen LogP contribution is 1.70. The van der Waals surface area contributed by atoms with E-state index in [4.69, 9.17) is 15.5 Å². The van der Waals surface area contributed by atoms with Gasteiger partial charge in [-0.15, -0.1) is 0 Å². The van der Waals surface area contributed by atoms with Gasteiger partial charge in [0, 0.05) is 12.2 Å². The Labute approximate surface area is 62.2 Å². The number of hydrogen-bond donors (Lipinski definition) is 3. The summed E-state index contributed by atoms with van der Waals surface area (Å²) < 4.78 is 0. The van der Waals surface area contributed by atoms with Gasteiger partial charge in [-0.1, -0.05) is 0 Å². The third-order valence-corrected chi connectivity index (χ3v) is 0.368. The Morgan fingerprint density at radius 3 is 1.55 bits per heavy atom. The molecule has 0 amide bonds. The molecule has 0 saturated heterocycles. The van der Waals surface area contributed by atoms with Crippen molar-refractivity contribution in [1.82, 2.24) is 0 Å². The van der Waals surface area contributed by atoms with Crippen molar-refractivity contribution >= 4 is 11.9 Å². The van der Waals surface area contributed by atoms with Gasteiger partial charge in [0.2, 0.25) is 0 Å². The molecule has 0 aromatic carbocycles. The summed E-state index contributed by atoms with van der Waals surface area (Å²) in [6, 6.07) is 0. The van der Waals surface area contributed by atoms with Crippen molar-refractivity contribution in [3.63, 3.8) is 0 Å². The molecule has 0 radical (unpaired) electrons. The van der Waals surface area contributed by atoms with Crippen molar-refractivity contribution in [3.05, 3.63) is 12.2 Å². The molecule has 0 heterocycles. The topological polar surface area (TPSA) is 124 Å². The SMILES string of the molecule is N#CN.O=C(O)C=CC(=O)O. The molecule has 4 N–H and O–H groups in total.